The van der Waals surface area contributed by atoms with Crippen LogP contribution in [0.3, 0.4) is 0 Å². The number of likely N-dealkylation sites (N-methyl/N-ethyl adjacent to an activating group) is 1. The number of amides is 2. The van der Waals surface area contributed by atoms with Gasteiger partial charge in [0.25, 0.3) is 0 Å². The Balaban J connectivity index is 3.93. The van der Waals surface area contributed by atoms with Crippen LogP contribution in [0.5, 0.6) is 0 Å². The number of carboxylic acid groups (broad SMARTS) is 1. The van der Waals surface area contributed by atoms with Crippen LogP contribution in [0.4, 0.5) is 4.79 Å². The molecule has 0 heterocycles. The Morgan fingerprint density at radius 1 is 1.26 bits per heavy atom. The molecule has 0 aliphatic heterocycles. The van der Waals surface area contributed by atoms with Crippen LogP contribution in [-0.4, -0.2) is 65.9 Å². The molecular formula is C12H25N3O4. The monoisotopic (exact) mass is 275 g/mol. The molecule has 2 amide bonds. The normalized spacial score (nSPS) is 12.2. The van der Waals surface area contributed by atoms with Crippen LogP contribution < -0.4 is 10.6 Å². The lowest BCUT2D eigenvalue weighted by molar-refractivity contribution is -0.139. The fourth-order valence-electron chi connectivity index (χ4n) is 1.67. The second-order valence-electron chi connectivity index (χ2n) is 4.24. The molecule has 0 fully saturated rings. The summed E-state index contributed by atoms with van der Waals surface area (Å²) in [6.07, 6.45) is 1.05. The number of carbonyl (C=O) groups is 2. The van der Waals surface area contributed by atoms with Gasteiger partial charge in [0.05, 0.1) is 0 Å². The van der Waals surface area contributed by atoms with Crippen molar-refractivity contribution < 1.29 is 19.8 Å². The van der Waals surface area contributed by atoms with Crippen molar-refractivity contribution in [2.24, 2.45) is 0 Å². The smallest absolute Gasteiger partial charge is 0.326 e. The molecule has 0 aromatic rings. The second-order valence-corrected chi connectivity index (χ2v) is 4.24. The van der Waals surface area contributed by atoms with Crippen molar-refractivity contribution in [3.63, 3.8) is 0 Å². The zero-order chi connectivity index (χ0) is 14.7. The summed E-state index contributed by atoms with van der Waals surface area (Å²) in [7, 11) is 0. The first kappa shape index (κ1) is 17.7. The largest absolute Gasteiger partial charge is 0.480 e. The Morgan fingerprint density at radius 2 is 1.95 bits per heavy atom. The molecule has 112 valence electrons. The lowest BCUT2D eigenvalue weighted by atomic mass is 10.2. The number of rotatable bonds is 10. The van der Waals surface area contributed by atoms with Crippen molar-refractivity contribution in [2.75, 3.05) is 32.8 Å². The second kappa shape index (κ2) is 10.6. The average molecular weight is 275 g/mol. The topological polar surface area (TPSA) is 102 Å². The first-order valence-electron chi connectivity index (χ1n) is 6.65. The van der Waals surface area contributed by atoms with Crippen molar-refractivity contribution in [1.82, 2.24) is 15.5 Å². The predicted molar refractivity (Wildman–Crippen MR) is 72.1 cm³/mol. The number of carboxylic acids is 1. The Bertz CT molecular complexity index is 274. The van der Waals surface area contributed by atoms with Gasteiger partial charge in [-0.2, -0.15) is 0 Å². The molecule has 0 saturated heterocycles. The molecular weight excluding hydrogens is 250 g/mol. The highest BCUT2D eigenvalue weighted by Gasteiger charge is 2.18. The van der Waals surface area contributed by atoms with Crippen LogP contribution in [0.1, 0.15) is 26.7 Å². The number of carbonyl (C=O) groups excluding carboxylic acids is 1. The van der Waals surface area contributed by atoms with Crippen LogP contribution in [0, 0.1) is 0 Å². The number of nitrogens with one attached hydrogen (secondary N) is 2. The van der Waals surface area contributed by atoms with E-state index in [1.54, 1.807) is 0 Å². The zero-order valence-electron chi connectivity index (χ0n) is 11.7. The van der Waals surface area contributed by atoms with Gasteiger partial charge < -0.3 is 25.7 Å². The van der Waals surface area contributed by atoms with Crippen LogP contribution in [0.15, 0.2) is 0 Å². The molecule has 0 spiro atoms. The molecule has 0 bridgehead atoms. The Morgan fingerprint density at radius 3 is 2.42 bits per heavy atom. The summed E-state index contributed by atoms with van der Waals surface area (Å²) in [5, 5.41) is 22.4. The van der Waals surface area contributed by atoms with Gasteiger partial charge in [-0.3, -0.25) is 0 Å². The summed E-state index contributed by atoms with van der Waals surface area (Å²) >= 11 is 0. The highest BCUT2D eigenvalue weighted by Crippen LogP contribution is 1.92. The summed E-state index contributed by atoms with van der Waals surface area (Å²) in [5.74, 6) is -1.15. The molecule has 0 saturated carbocycles. The van der Waals surface area contributed by atoms with E-state index in [2.05, 4.69) is 29.4 Å². The average Bonchev–Trinajstić information content (AvgIpc) is 2.37. The molecule has 1 atom stereocenters. The highest BCUT2D eigenvalue weighted by atomic mass is 16.4. The number of aliphatic hydroxyl groups is 1. The molecule has 7 heteroatoms. The summed E-state index contributed by atoms with van der Waals surface area (Å²) in [6.45, 7) is 6.95. The number of hydrogen-bond donors (Lipinski definition) is 4. The molecule has 4 N–H and O–H groups in total. The fraction of sp³-hybridized carbons (Fsp3) is 0.833. The van der Waals surface area contributed by atoms with E-state index in [0.29, 0.717) is 6.54 Å². The van der Waals surface area contributed by atoms with Crippen LogP contribution >= 0.6 is 0 Å². The van der Waals surface area contributed by atoms with Crippen molar-refractivity contribution in [3.05, 3.63) is 0 Å². The van der Waals surface area contributed by atoms with Gasteiger partial charge in [-0.25, -0.2) is 9.59 Å². The summed E-state index contributed by atoms with van der Waals surface area (Å²) in [4.78, 5) is 24.4. The molecule has 19 heavy (non-hydrogen) atoms. The van der Waals surface area contributed by atoms with E-state index in [1.165, 1.54) is 0 Å². The molecule has 0 radical (unpaired) electrons. The molecule has 7 nitrogen and oxygen atoms in total. The van der Waals surface area contributed by atoms with Gasteiger partial charge >= 0.3 is 12.0 Å². The fourth-order valence-corrected chi connectivity index (χ4v) is 1.67. The summed E-state index contributed by atoms with van der Waals surface area (Å²) in [5.41, 5.74) is 0. The van der Waals surface area contributed by atoms with E-state index in [9.17, 15) is 9.59 Å². The molecule has 0 rings (SSSR count). The third kappa shape index (κ3) is 8.39. The van der Waals surface area contributed by atoms with E-state index < -0.39 is 18.0 Å². The molecule has 0 aromatic carbocycles. The maximum atomic E-state index is 11.5. The van der Waals surface area contributed by atoms with Crippen LogP contribution in [0.25, 0.3) is 0 Å². The predicted octanol–water partition coefficient (Wildman–Crippen LogP) is -0.147. The van der Waals surface area contributed by atoms with Gasteiger partial charge in [0.1, 0.15) is 6.04 Å². The van der Waals surface area contributed by atoms with E-state index >= 15 is 0 Å². The lowest BCUT2D eigenvalue weighted by Gasteiger charge is -2.20. The van der Waals surface area contributed by atoms with E-state index in [1.807, 2.05) is 0 Å². The minimum absolute atomic E-state index is 0.000324. The minimum atomic E-state index is -1.15. The highest BCUT2D eigenvalue weighted by molar-refractivity contribution is 5.82. The first-order chi connectivity index (χ1) is 9.04. The van der Waals surface area contributed by atoms with Gasteiger partial charge in [-0.1, -0.05) is 13.8 Å². The van der Waals surface area contributed by atoms with Gasteiger partial charge in [-0.05, 0) is 19.5 Å². The molecule has 0 aliphatic rings. The van der Waals surface area contributed by atoms with Gasteiger partial charge in [-0.15, -0.1) is 0 Å². The quantitative estimate of drug-likeness (QED) is 0.444. The maximum absolute atomic E-state index is 11.5. The van der Waals surface area contributed by atoms with E-state index in [-0.39, 0.29) is 13.0 Å². The van der Waals surface area contributed by atoms with Gasteiger partial charge in [0, 0.05) is 26.1 Å². The minimum Gasteiger partial charge on any atom is -0.480 e. The van der Waals surface area contributed by atoms with Crippen molar-refractivity contribution >= 4 is 12.0 Å². The molecule has 0 unspecified atom stereocenters. The van der Waals surface area contributed by atoms with Crippen molar-refractivity contribution in [3.8, 4) is 0 Å². The number of nitrogens with zero attached hydrogens (tertiary/aromatic N) is 1. The molecule has 0 aliphatic carbocycles. The number of aliphatic carboxylic acids is 1. The SMILES string of the molecule is CCCN(CC)CCNC(=O)N[C@@H](CCO)C(=O)O. The lowest BCUT2D eigenvalue weighted by Crippen LogP contribution is -2.48. The first-order valence-corrected chi connectivity index (χ1v) is 6.65. The zero-order valence-corrected chi connectivity index (χ0v) is 11.7. The Kier molecular flexibility index (Phi) is 9.82. The van der Waals surface area contributed by atoms with Crippen LogP contribution in [-0.2, 0) is 4.79 Å². The Labute approximate surface area is 114 Å². The maximum Gasteiger partial charge on any atom is 0.326 e. The summed E-state index contributed by atoms with van der Waals surface area (Å²) in [6, 6.07) is -1.57. The van der Waals surface area contributed by atoms with E-state index in [0.717, 1.165) is 26.1 Å². The van der Waals surface area contributed by atoms with Crippen molar-refractivity contribution in [1.29, 1.82) is 0 Å². The third-order valence-corrected chi connectivity index (χ3v) is 2.72. The van der Waals surface area contributed by atoms with Crippen molar-refractivity contribution in [2.45, 2.75) is 32.7 Å². The third-order valence-electron chi connectivity index (χ3n) is 2.72. The Hall–Kier alpha value is -1.34. The molecule has 0 aromatic heterocycles. The van der Waals surface area contributed by atoms with Crippen LogP contribution in [0.2, 0.25) is 0 Å². The number of aliphatic hydroxyl groups excluding tert-OH is 1. The van der Waals surface area contributed by atoms with Gasteiger partial charge in [0.2, 0.25) is 0 Å². The summed E-state index contributed by atoms with van der Waals surface area (Å²) < 4.78 is 0. The standard InChI is InChI=1S/C12H25N3O4/c1-3-7-15(4-2)8-6-13-12(19)14-10(5-9-16)11(17)18/h10,16H,3-9H2,1-2H3,(H,17,18)(H2,13,14,19)/t10-/m0/s1. The van der Waals surface area contributed by atoms with Gasteiger partial charge in [0.15, 0.2) is 0 Å². The number of hydrogen-bond acceptors (Lipinski definition) is 4. The number of urea groups is 1. The van der Waals surface area contributed by atoms with E-state index in [4.69, 9.17) is 10.2 Å².